The summed E-state index contributed by atoms with van der Waals surface area (Å²) in [6.45, 7) is 13.2. The van der Waals surface area contributed by atoms with Gasteiger partial charge in [0.25, 0.3) is 17.7 Å². The van der Waals surface area contributed by atoms with Crippen molar-refractivity contribution < 1.29 is 180 Å². The van der Waals surface area contributed by atoms with Crippen molar-refractivity contribution in [3.63, 3.8) is 0 Å². The Morgan fingerprint density at radius 1 is 0.458 bits per heavy atom. The number of nitrogens with two attached hydrogens (primary N) is 2. The molecule has 8 unspecified atom stereocenters. The fraction of sp³-hybridized carbons (Fsp3) is 0.500. The number of amides is 4. The van der Waals surface area contributed by atoms with Crippen LogP contribution in [0.1, 0.15) is 164 Å². The Balaban J connectivity index is -0.000000203. The van der Waals surface area contributed by atoms with E-state index in [1.54, 1.807) is 6.92 Å². The third kappa shape index (κ3) is 91.3. The fourth-order valence-electron chi connectivity index (χ4n) is 11.4. The zero-order valence-electron chi connectivity index (χ0n) is 83.1. The van der Waals surface area contributed by atoms with E-state index in [0.29, 0.717) is 38.5 Å². The van der Waals surface area contributed by atoms with Gasteiger partial charge in [-0.05, 0) is 135 Å². The van der Waals surface area contributed by atoms with Crippen LogP contribution in [-0.4, -0.2) is 207 Å². The number of aryl methyl sites for hydroxylation is 2. The number of hydrogen-bond donors (Lipinski definition) is 4. The third-order valence-corrected chi connectivity index (χ3v) is 20.8. The Kier molecular flexibility index (Phi) is 85.0. The molecular formula is C98H138AlClF21LiN7O14P. The molecule has 0 radical (unpaired) electrons. The molecule has 21 nitrogen and oxygen atoms in total. The van der Waals surface area contributed by atoms with E-state index in [-0.39, 0.29) is 99.9 Å². The van der Waals surface area contributed by atoms with Gasteiger partial charge in [-0.1, -0.05) is 236 Å². The molecule has 0 fully saturated rings. The van der Waals surface area contributed by atoms with Crippen LogP contribution in [0.3, 0.4) is 0 Å². The Morgan fingerprint density at radius 3 is 1.03 bits per heavy atom. The summed E-state index contributed by atoms with van der Waals surface area (Å²) in [7, 11) is 10.6. The zero-order valence-corrected chi connectivity index (χ0v) is 83.7. The molecule has 0 aliphatic carbocycles. The predicted octanol–water partition coefficient (Wildman–Crippen LogP) is 19.6. The smallest absolute Gasteiger partial charge is 1.00 e. The number of carboxylic acids is 2. The number of allylic oxidation sites excluding steroid dienone is 1. The first-order valence-corrected chi connectivity index (χ1v) is 44.9. The van der Waals surface area contributed by atoms with E-state index in [4.69, 9.17) is 38.5 Å². The Hall–Kier alpha value is -9.41. The Morgan fingerprint density at radius 2 is 0.764 bits per heavy atom. The van der Waals surface area contributed by atoms with Crippen molar-refractivity contribution in [2.45, 2.75) is 214 Å². The number of likely N-dealkylation sites (N-methyl/N-ethyl adjacent to an activating group) is 2. The molecule has 812 valence electrons. The van der Waals surface area contributed by atoms with Crippen molar-refractivity contribution in [2.24, 2.45) is 52.9 Å². The number of nitrogens with zero attached hydrogens (tertiary/aromatic N) is 5. The number of ketones is 1. The molecule has 0 spiro atoms. The maximum atomic E-state index is 12.3. The van der Waals surface area contributed by atoms with Gasteiger partial charge in [-0.15, -0.1) is 11.6 Å². The predicted molar refractivity (Wildman–Crippen MR) is 517 cm³/mol. The molecular weight excluding hydrogens is 2000 g/mol. The molecule has 6 rings (SSSR count). The molecule has 0 saturated carbocycles. The van der Waals surface area contributed by atoms with Crippen LogP contribution in [0, 0.1) is 52.8 Å². The average Bonchev–Trinajstić information content (AvgIpc) is 0.817. The fourth-order valence-corrected chi connectivity index (χ4v) is 13.8. The van der Waals surface area contributed by atoms with Gasteiger partial charge in [0.1, 0.15) is 30.4 Å². The first-order valence-electron chi connectivity index (χ1n) is 43.0. The molecule has 0 aliphatic rings. The van der Waals surface area contributed by atoms with E-state index in [2.05, 4.69) is 123 Å². The Labute approximate surface area is 860 Å². The topological polar surface area (TPSA) is 303 Å². The molecule has 0 bridgehead atoms. The average molecular weight is 2140 g/mol. The van der Waals surface area contributed by atoms with E-state index in [1.807, 2.05) is 91.0 Å². The van der Waals surface area contributed by atoms with Crippen LogP contribution < -0.4 is 46.2 Å². The van der Waals surface area contributed by atoms with Gasteiger partial charge in [0.15, 0.2) is 17.4 Å². The molecule has 0 aromatic heterocycles. The number of benzene rings is 6. The quantitative estimate of drug-likeness (QED) is 0.00540. The van der Waals surface area contributed by atoms with Gasteiger partial charge in [0, 0.05) is 91.7 Å². The first kappa shape index (κ1) is 150. The Bertz CT molecular complexity index is 4350. The normalized spacial score (nSPS) is 12.6. The molecule has 0 saturated heterocycles. The van der Waals surface area contributed by atoms with Gasteiger partial charge in [0.2, 0.25) is 5.91 Å². The summed E-state index contributed by atoms with van der Waals surface area (Å²) in [5.41, 5.74) is 13.7. The van der Waals surface area contributed by atoms with E-state index in [0.717, 1.165) is 50.8 Å². The van der Waals surface area contributed by atoms with Crippen molar-refractivity contribution in [3.05, 3.63) is 223 Å². The van der Waals surface area contributed by atoms with Crippen LogP contribution >= 0.6 is 19.5 Å². The van der Waals surface area contributed by atoms with E-state index in [9.17, 15) is 131 Å². The summed E-state index contributed by atoms with van der Waals surface area (Å²) in [6, 6.07) is 62.3. The second kappa shape index (κ2) is 81.7. The van der Waals surface area contributed by atoms with Gasteiger partial charge in [-0.25, -0.2) is 20.3 Å². The van der Waals surface area contributed by atoms with Gasteiger partial charge in [-0.3, -0.25) is 52.9 Å². The standard InChI is InChI=1S/C18H15P.C15H18F3N.C15H19F3O2.C8H14F3NO2.C8H12F3NO2.C7H12F3NO2.C7H9N.C6H9F3O.C5H9NO2.C4H8ClNO2.C4H5F3O.CH4.Al.Li.4H/c1-4-10-16(11-5-1)19(17-12-6-2-7-13-17)18-14-8-3-9-15-18;1-12(10-15(16,17)18)9-14(11-19)8-7-13-5-3-2-4-6-13;1-11(10-15(16,17)18)9-13(14(19)20)8-7-12-5-3-2-4-6-12;2*1-6(5-8(9,10)11)4-7(13)12(2)14-3;1-4(3-7(8,9)10)2-5(11)6(12)13;8-6-7-4-2-1-3-5-7;1-5(2-3-10)4-6(7,8)9;1-4-5(7)6(2)8-3;1-6(8-2)4(7)3-5;1-3(8)2-4(5,6)7;;;;;;;/h1-15H;2-6,12,14H,7-10H2,1H3;2-6,11,13H,7-10H2,1H3,(H,19,20);6H,4-5H2,1-3H3;4H,5H2,1-3H3;4-5H,2-3,11H2,1H3,(H,12,13);1-5H,6,8H2;3,5H,2,4H2,1H3;4H,1H2,2-3H3;3H2,1-2H3;2H2,1H3;1H4;;;;;;/q;;;;;;;;;;;;;+1;;;;-1/b;;;;6-4+;;;;;;;;;;;;;. The summed E-state index contributed by atoms with van der Waals surface area (Å²) in [6.07, 6.45) is -31.6. The van der Waals surface area contributed by atoms with Crippen molar-refractivity contribution >= 4 is 100 Å². The summed E-state index contributed by atoms with van der Waals surface area (Å²) in [4.78, 5) is 102. The summed E-state index contributed by atoms with van der Waals surface area (Å²) < 4.78 is 248. The number of Topliss-reactive ketones (excluding diaryl/α,β-unsaturated/α-hetero) is 1. The number of carbonyl (C=O) groups excluding carboxylic acids is 6. The number of hydroxylamine groups is 8. The van der Waals surface area contributed by atoms with Gasteiger partial charge in [-0.2, -0.15) is 97.5 Å². The molecule has 4 amide bonds. The summed E-state index contributed by atoms with van der Waals surface area (Å²) in [5, 5.41) is 34.6. The van der Waals surface area contributed by atoms with E-state index >= 15 is 0 Å². The number of carboxylic acid groups (broad SMARTS) is 2. The maximum absolute atomic E-state index is 12.3. The number of aliphatic carboxylic acids is 2. The van der Waals surface area contributed by atoms with Crippen LogP contribution in [0.15, 0.2) is 206 Å². The SMILES string of the molecule is C.C=CC(=O)N(C)OC.CC(=O)CC(F)(F)F.CC(CC(C#N)CCc1ccccc1)CC(F)(F)F.CC(CC(CCc1ccccc1)C(=O)O)CC(F)(F)F.CC(CC(N)C(=O)O)CC(F)(F)F.CC(CC=O)CC(F)(F)F.CON(C)C(=O)/C=C(\C)CC(F)(F)F.CON(C)C(=O)CC(C)CC(F)(F)F.CON(C)C(=O)CCl.NCc1ccccc1.[AlH3].[H-].[Li+].c1ccc(P(c2ccccc2)c2ccccc2)cc1. The van der Waals surface area contributed by atoms with Crippen LogP contribution in [0.5, 0.6) is 0 Å². The minimum atomic E-state index is -4.33. The molecule has 144 heavy (non-hydrogen) atoms. The molecule has 0 aliphatic heterocycles. The van der Waals surface area contributed by atoms with Crippen LogP contribution in [0.4, 0.5) is 92.2 Å². The number of carbonyl (C=O) groups is 8. The largest absolute Gasteiger partial charge is 1.00 e. The minimum absolute atomic E-state index is 0. The van der Waals surface area contributed by atoms with Gasteiger partial charge < -0.3 is 27.9 Å². The van der Waals surface area contributed by atoms with Gasteiger partial charge >= 0.3 is 74.0 Å². The maximum Gasteiger partial charge on any atom is 1.00 e. The van der Waals surface area contributed by atoms with Crippen LogP contribution in [-0.2, 0) is 77.1 Å². The molecule has 8 atom stereocenters. The number of alkyl halides is 22. The third-order valence-electron chi connectivity index (χ3n) is 18.2. The first-order chi connectivity index (χ1) is 65.1. The van der Waals surface area contributed by atoms with Crippen LogP contribution in [0.25, 0.3) is 0 Å². The van der Waals surface area contributed by atoms with Gasteiger partial charge in [0.05, 0.1) is 46.8 Å². The summed E-state index contributed by atoms with van der Waals surface area (Å²) >= 11 is 5.15. The van der Waals surface area contributed by atoms with Crippen molar-refractivity contribution in [2.75, 3.05) is 62.5 Å². The second-order valence-corrected chi connectivity index (χ2v) is 34.1. The van der Waals surface area contributed by atoms with Crippen LogP contribution in [0.2, 0.25) is 0 Å². The molecule has 6 N–H and O–H groups in total. The zero-order chi connectivity index (χ0) is 110. The summed E-state index contributed by atoms with van der Waals surface area (Å²) in [5.74, 6) is -9.01. The molecule has 6 aromatic rings. The second-order valence-electron chi connectivity index (χ2n) is 31.6. The van der Waals surface area contributed by atoms with Crippen molar-refractivity contribution in [1.29, 1.82) is 5.26 Å². The molecule has 0 heterocycles. The van der Waals surface area contributed by atoms with Crippen molar-refractivity contribution in [1.82, 2.24) is 20.3 Å². The number of nitriles is 1. The van der Waals surface area contributed by atoms with Crippen molar-refractivity contribution in [3.8, 4) is 6.07 Å². The molecule has 6 aromatic carbocycles. The number of halogens is 22. The van der Waals surface area contributed by atoms with E-state index < -0.39 is 167 Å². The number of aldehydes is 1. The number of rotatable bonds is 36. The molecule has 46 heteroatoms. The minimum Gasteiger partial charge on any atom is -1.00 e. The van der Waals surface area contributed by atoms with E-state index in [1.165, 1.54) is 119 Å². The monoisotopic (exact) mass is 2140 g/mol. The number of hydrogen-bond acceptors (Lipinski definition) is 15.